The van der Waals surface area contributed by atoms with Gasteiger partial charge in [0, 0.05) is 20.7 Å². The van der Waals surface area contributed by atoms with Crippen LogP contribution in [-0.2, 0) is 6.42 Å². The first kappa shape index (κ1) is 9.87. The second kappa shape index (κ2) is 3.83. The van der Waals surface area contributed by atoms with E-state index in [1.54, 1.807) is 11.8 Å². The van der Waals surface area contributed by atoms with Gasteiger partial charge in [0.1, 0.15) is 0 Å². The summed E-state index contributed by atoms with van der Waals surface area (Å²) in [6.07, 6.45) is 3.17. The van der Waals surface area contributed by atoms with Gasteiger partial charge in [0.05, 0.1) is 0 Å². The molecule has 3 heteroatoms. The molecule has 2 aromatic rings. The average molecular weight is 223 g/mol. The minimum absolute atomic E-state index is 0.901. The molecule has 0 saturated carbocycles. The first-order chi connectivity index (χ1) is 6.77. The van der Waals surface area contributed by atoms with Crippen molar-refractivity contribution in [2.24, 2.45) is 0 Å². The number of aryl methyl sites for hydroxylation is 1. The van der Waals surface area contributed by atoms with Gasteiger partial charge in [-0.05, 0) is 35.8 Å². The molecule has 0 aliphatic rings. The molecule has 1 aromatic heterocycles. The van der Waals surface area contributed by atoms with Crippen LogP contribution >= 0.6 is 23.1 Å². The maximum atomic E-state index is 5.96. The van der Waals surface area contributed by atoms with Crippen molar-refractivity contribution in [1.29, 1.82) is 0 Å². The molecule has 2 rings (SSSR count). The Morgan fingerprint density at radius 1 is 1.43 bits per heavy atom. The second-order valence-corrected chi connectivity index (χ2v) is 4.90. The molecule has 0 radical (unpaired) electrons. The third-order valence-corrected chi connectivity index (χ3v) is 4.23. The summed E-state index contributed by atoms with van der Waals surface area (Å²) in [5.41, 5.74) is 8.28. The number of thioether (sulfide) groups is 1. The molecule has 0 amide bonds. The first-order valence-corrected chi connectivity index (χ1v) is 6.71. The van der Waals surface area contributed by atoms with Gasteiger partial charge in [-0.2, -0.15) is 0 Å². The van der Waals surface area contributed by atoms with Crippen LogP contribution in [0.1, 0.15) is 12.5 Å². The molecule has 2 N–H and O–H groups in total. The Hall–Kier alpha value is -0.670. The molecule has 0 saturated heterocycles. The average Bonchev–Trinajstić information content (AvgIpc) is 2.61. The van der Waals surface area contributed by atoms with Crippen LogP contribution in [0.5, 0.6) is 0 Å². The lowest BCUT2D eigenvalue weighted by Crippen LogP contribution is -1.89. The fourth-order valence-corrected chi connectivity index (χ4v) is 3.52. The summed E-state index contributed by atoms with van der Waals surface area (Å²) < 4.78 is 1.35. The molecule has 0 atom stereocenters. The van der Waals surface area contributed by atoms with Crippen LogP contribution in [-0.4, -0.2) is 6.26 Å². The molecule has 14 heavy (non-hydrogen) atoms. The summed E-state index contributed by atoms with van der Waals surface area (Å²) in [5, 5.41) is 3.61. The van der Waals surface area contributed by atoms with Crippen LogP contribution in [0, 0.1) is 0 Å². The lowest BCUT2D eigenvalue weighted by Gasteiger charge is -2.05. The number of anilines is 1. The van der Waals surface area contributed by atoms with Crippen molar-refractivity contribution in [3.8, 4) is 0 Å². The summed E-state index contributed by atoms with van der Waals surface area (Å²) >= 11 is 3.55. The predicted octanol–water partition coefficient (Wildman–Crippen LogP) is 3.77. The van der Waals surface area contributed by atoms with Crippen LogP contribution < -0.4 is 5.73 Å². The molecule has 0 bridgehead atoms. The van der Waals surface area contributed by atoms with Crippen LogP contribution in [0.2, 0.25) is 0 Å². The van der Waals surface area contributed by atoms with E-state index in [0.717, 1.165) is 12.1 Å². The largest absolute Gasteiger partial charge is 0.398 e. The SMILES string of the molecule is CCc1csc2ccc(N)c(SC)c12. The predicted molar refractivity (Wildman–Crippen MR) is 67.4 cm³/mol. The van der Waals surface area contributed by atoms with Crippen molar-refractivity contribution in [3.05, 3.63) is 23.1 Å². The fourth-order valence-electron chi connectivity index (χ4n) is 1.66. The van der Waals surface area contributed by atoms with E-state index in [0.29, 0.717) is 0 Å². The van der Waals surface area contributed by atoms with E-state index in [2.05, 4.69) is 24.6 Å². The van der Waals surface area contributed by atoms with Gasteiger partial charge >= 0.3 is 0 Å². The molecule has 0 spiro atoms. The van der Waals surface area contributed by atoms with Crippen LogP contribution in [0.15, 0.2) is 22.4 Å². The molecule has 1 nitrogen and oxygen atoms in total. The summed E-state index contributed by atoms with van der Waals surface area (Å²) in [7, 11) is 0. The lowest BCUT2D eigenvalue weighted by molar-refractivity contribution is 1.16. The summed E-state index contributed by atoms with van der Waals surface area (Å²) in [5.74, 6) is 0. The van der Waals surface area contributed by atoms with Gasteiger partial charge in [-0.15, -0.1) is 23.1 Å². The van der Waals surface area contributed by atoms with E-state index in [1.807, 2.05) is 17.4 Å². The molecule has 1 aromatic carbocycles. The Morgan fingerprint density at radius 3 is 2.86 bits per heavy atom. The minimum Gasteiger partial charge on any atom is -0.398 e. The molecule has 0 aliphatic carbocycles. The minimum atomic E-state index is 0.901. The topological polar surface area (TPSA) is 26.0 Å². The van der Waals surface area contributed by atoms with E-state index in [4.69, 9.17) is 5.73 Å². The highest BCUT2D eigenvalue weighted by Gasteiger charge is 2.09. The summed E-state index contributed by atoms with van der Waals surface area (Å²) in [4.78, 5) is 1.24. The van der Waals surface area contributed by atoms with Gasteiger partial charge < -0.3 is 5.73 Å². The van der Waals surface area contributed by atoms with E-state index < -0.39 is 0 Å². The highest BCUT2D eigenvalue weighted by Crippen LogP contribution is 2.37. The van der Waals surface area contributed by atoms with E-state index in [1.165, 1.54) is 20.5 Å². The van der Waals surface area contributed by atoms with Gasteiger partial charge in [0.15, 0.2) is 0 Å². The number of fused-ring (bicyclic) bond motifs is 1. The zero-order valence-electron chi connectivity index (χ0n) is 8.33. The van der Waals surface area contributed by atoms with E-state index >= 15 is 0 Å². The highest BCUT2D eigenvalue weighted by molar-refractivity contribution is 7.99. The Balaban J connectivity index is 2.81. The zero-order valence-corrected chi connectivity index (χ0v) is 9.97. The Kier molecular flexibility index (Phi) is 2.70. The quantitative estimate of drug-likeness (QED) is 0.619. The maximum absolute atomic E-state index is 5.96. The summed E-state index contributed by atoms with van der Waals surface area (Å²) in [6.45, 7) is 2.19. The number of hydrogen-bond donors (Lipinski definition) is 1. The number of thiophene rings is 1. The third-order valence-electron chi connectivity index (χ3n) is 2.38. The Labute approximate surface area is 92.3 Å². The van der Waals surface area contributed by atoms with Gasteiger partial charge in [0.2, 0.25) is 0 Å². The zero-order chi connectivity index (χ0) is 10.1. The van der Waals surface area contributed by atoms with Crippen molar-refractivity contribution in [2.75, 3.05) is 12.0 Å². The normalized spacial score (nSPS) is 11.0. The van der Waals surface area contributed by atoms with Gasteiger partial charge in [-0.25, -0.2) is 0 Å². The lowest BCUT2D eigenvalue weighted by atomic mass is 10.1. The molecule has 1 heterocycles. The molecule has 0 aliphatic heterocycles. The van der Waals surface area contributed by atoms with Gasteiger partial charge in [0.25, 0.3) is 0 Å². The number of nitrogens with two attached hydrogens (primary N) is 1. The number of hydrogen-bond acceptors (Lipinski definition) is 3. The first-order valence-electron chi connectivity index (χ1n) is 4.60. The van der Waals surface area contributed by atoms with Crippen LogP contribution in [0.25, 0.3) is 10.1 Å². The van der Waals surface area contributed by atoms with Crippen molar-refractivity contribution in [1.82, 2.24) is 0 Å². The second-order valence-electron chi connectivity index (χ2n) is 3.18. The van der Waals surface area contributed by atoms with Gasteiger partial charge in [-0.1, -0.05) is 6.92 Å². The van der Waals surface area contributed by atoms with E-state index in [9.17, 15) is 0 Å². The van der Waals surface area contributed by atoms with Crippen molar-refractivity contribution >= 4 is 38.9 Å². The summed E-state index contributed by atoms with van der Waals surface area (Å²) in [6, 6.07) is 4.12. The van der Waals surface area contributed by atoms with Crippen molar-refractivity contribution < 1.29 is 0 Å². The smallest absolute Gasteiger partial charge is 0.0459 e. The third kappa shape index (κ3) is 1.41. The Morgan fingerprint density at radius 2 is 2.21 bits per heavy atom. The molecule has 0 unspecified atom stereocenters. The van der Waals surface area contributed by atoms with Crippen LogP contribution in [0.3, 0.4) is 0 Å². The molecular weight excluding hydrogens is 210 g/mol. The molecule has 0 fully saturated rings. The highest BCUT2D eigenvalue weighted by atomic mass is 32.2. The Bertz CT molecular complexity index is 460. The monoisotopic (exact) mass is 223 g/mol. The fraction of sp³-hybridized carbons (Fsp3) is 0.273. The standard InChI is InChI=1S/C11H13NS2/c1-3-7-6-14-9-5-4-8(12)11(13-2)10(7)9/h4-6H,3,12H2,1-2H3. The number of benzene rings is 1. The number of rotatable bonds is 2. The number of nitrogen functional groups attached to an aromatic ring is 1. The maximum Gasteiger partial charge on any atom is 0.0459 e. The van der Waals surface area contributed by atoms with Gasteiger partial charge in [-0.3, -0.25) is 0 Å². The van der Waals surface area contributed by atoms with Crippen molar-refractivity contribution in [2.45, 2.75) is 18.2 Å². The van der Waals surface area contributed by atoms with E-state index in [-0.39, 0.29) is 0 Å². The van der Waals surface area contributed by atoms with Crippen LogP contribution in [0.4, 0.5) is 5.69 Å². The molecular formula is C11H13NS2. The van der Waals surface area contributed by atoms with Crippen molar-refractivity contribution in [3.63, 3.8) is 0 Å². The molecule has 74 valence electrons.